The van der Waals surface area contributed by atoms with E-state index in [1.54, 1.807) is 0 Å². The van der Waals surface area contributed by atoms with Crippen LogP contribution in [0.3, 0.4) is 0 Å². The van der Waals surface area contributed by atoms with Gasteiger partial charge in [-0.25, -0.2) is 0 Å². The van der Waals surface area contributed by atoms with Crippen LogP contribution in [0.1, 0.15) is 57.6 Å². The normalized spacial score (nSPS) is 25.9. The molecule has 1 aromatic rings. The molecule has 2 rings (SSSR count). The topological polar surface area (TPSA) is 42.4 Å². The van der Waals surface area contributed by atoms with Crippen LogP contribution in [0.2, 0.25) is 0 Å². The first-order chi connectivity index (χ1) is 8.95. The third-order valence-electron chi connectivity index (χ3n) is 4.77. The van der Waals surface area contributed by atoms with Crippen molar-refractivity contribution in [1.29, 1.82) is 0 Å². The second-order valence-corrected chi connectivity index (χ2v) is 6.46. The zero-order valence-electron chi connectivity index (χ0n) is 12.9. The van der Waals surface area contributed by atoms with Gasteiger partial charge in [0.15, 0.2) is 0 Å². The number of rotatable bonds is 6. The van der Waals surface area contributed by atoms with Gasteiger partial charge in [-0.1, -0.05) is 20.8 Å². The Morgan fingerprint density at radius 2 is 2.00 bits per heavy atom. The first-order valence-corrected chi connectivity index (χ1v) is 7.47. The van der Waals surface area contributed by atoms with E-state index < -0.39 is 0 Å². The maximum absolute atomic E-state index is 6.06. The summed E-state index contributed by atoms with van der Waals surface area (Å²) in [4.78, 5) is 2.34. The van der Waals surface area contributed by atoms with E-state index >= 15 is 0 Å². The predicted molar refractivity (Wildman–Crippen MR) is 79.1 cm³/mol. The maximum Gasteiger partial charge on any atom is 0.122 e. The Kier molecular flexibility index (Phi) is 4.36. The second kappa shape index (κ2) is 5.68. The summed E-state index contributed by atoms with van der Waals surface area (Å²) in [6, 6.07) is 4.92. The fraction of sp³-hybridized carbons (Fsp3) is 0.750. The van der Waals surface area contributed by atoms with Crippen molar-refractivity contribution in [2.45, 2.75) is 52.1 Å². The van der Waals surface area contributed by atoms with Crippen molar-refractivity contribution in [1.82, 2.24) is 4.90 Å². The molecule has 0 saturated heterocycles. The Hall–Kier alpha value is -0.800. The van der Waals surface area contributed by atoms with Gasteiger partial charge in [0.1, 0.15) is 11.5 Å². The third-order valence-corrected chi connectivity index (χ3v) is 4.77. The van der Waals surface area contributed by atoms with Gasteiger partial charge in [-0.2, -0.15) is 0 Å². The number of nitrogens with zero attached hydrogens (tertiary/aromatic N) is 1. The molecular formula is C16H28N2O. The van der Waals surface area contributed by atoms with Crippen molar-refractivity contribution >= 4 is 0 Å². The fourth-order valence-corrected chi connectivity index (χ4v) is 2.70. The highest BCUT2D eigenvalue weighted by Gasteiger charge is 2.37. The Balaban J connectivity index is 2.10. The first-order valence-electron chi connectivity index (χ1n) is 7.47. The molecule has 1 fully saturated rings. The fourth-order valence-electron chi connectivity index (χ4n) is 2.70. The summed E-state index contributed by atoms with van der Waals surface area (Å²) in [5.41, 5.74) is 5.97. The smallest absolute Gasteiger partial charge is 0.122 e. The SMILES string of the molecule is CC(C)C(C)N(C)C(CN)c1ccc(C2CC2C)o1. The van der Waals surface area contributed by atoms with Crippen LogP contribution < -0.4 is 5.73 Å². The highest BCUT2D eigenvalue weighted by molar-refractivity contribution is 5.19. The van der Waals surface area contributed by atoms with E-state index in [4.69, 9.17) is 10.2 Å². The lowest BCUT2D eigenvalue weighted by Crippen LogP contribution is -2.39. The third kappa shape index (κ3) is 3.03. The van der Waals surface area contributed by atoms with Crippen LogP contribution >= 0.6 is 0 Å². The summed E-state index contributed by atoms with van der Waals surface area (Å²) < 4.78 is 6.06. The van der Waals surface area contributed by atoms with Gasteiger partial charge in [0.25, 0.3) is 0 Å². The van der Waals surface area contributed by atoms with Crippen LogP contribution in [0.15, 0.2) is 16.5 Å². The van der Waals surface area contributed by atoms with E-state index in [1.165, 1.54) is 6.42 Å². The van der Waals surface area contributed by atoms with Gasteiger partial charge in [0.05, 0.1) is 6.04 Å². The van der Waals surface area contributed by atoms with Gasteiger partial charge in [-0.05, 0) is 44.4 Å². The Labute approximate surface area is 117 Å². The van der Waals surface area contributed by atoms with E-state index in [1.807, 2.05) is 0 Å². The van der Waals surface area contributed by atoms with Gasteiger partial charge in [-0.3, -0.25) is 4.90 Å². The molecule has 0 spiro atoms. The quantitative estimate of drug-likeness (QED) is 0.856. The van der Waals surface area contributed by atoms with E-state index in [0.29, 0.717) is 24.4 Å². The number of likely N-dealkylation sites (N-methyl/N-ethyl adjacent to an activating group) is 1. The molecule has 0 radical (unpaired) electrons. The van der Waals surface area contributed by atoms with Gasteiger partial charge in [-0.15, -0.1) is 0 Å². The molecule has 2 N–H and O–H groups in total. The molecule has 1 heterocycles. The zero-order chi connectivity index (χ0) is 14.2. The van der Waals surface area contributed by atoms with Crippen LogP contribution in [0.4, 0.5) is 0 Å². The molecule has 1 aliphatic rings. The maximum atomic E-state index is 6.06. The van der Waals surface area contributed by atoms with Gasteiger partial charge in [0, 0.05) is 18.5 Å². The number of furan rings is 1. The molecule has 0 aliphatic heterocycles. The molecule has 0 amide bonds. The molecule has 4 atom stereocenters. The Morgan fingerprint density at radius 3 is 2.47 bits per heavy atom. The summed E-state index contributed by atoms with van der Waals surface area (Å²) in [6.07, 6.45) is 1.26. The monoisotopic (exact) mass is 264 g/mol. The molecule has 4 unspecified atom stereocenters. The molecular weight excluding hydrogens is 236 g/mol. The number of hydrogen-bond donors (Lipinski definition) is 1. The van der Waals surface area contributed by atoms with Gasteiger partial charge >= 0.3 is 0 Å². The minimum Gasteiger partial charge on any atom is -0.464 e. The number of hydrogen-bond acceptors (Lipinski definition) is 3. The van der Waals surface area contributed by atoms with Crippen molar-refractivity contribution in [3.05, 3.63) is 23.7 Å². The van der Waals surface area contributed by atoms with Gasteiger partial charge < -0.3 is 10.2 Å². The highest BCUT2D eigenvalue weighted by atomic mass is 16.3. The largest absolute Gasteiger partial charge is 0.464 e. The molecule has 19 heavy (non-hydrogen) atoms. The summed E-state index contributed by atoms with van der Waals surface area (Å²) in [6.45, 7) is 9.61. The van der Waals surface area contributed by atoms with E-state index in [-0.39, 0.29) is 6.04 Å². The van der Waals surface area contributed by atoms with Crippen molar-refractivity contribution in [2.75, 3.05) is 13.6 Å². The molecule has 3 heteroatoms. The van der Waals surface area contributed by atoms with Crippen molar-refractivity contribution in [3.63, 3.8) is 0 Å². The molecule has 108 valence electrons. The molecule has 0 bridgehead atoms. The molecule has 1 saturated carbocycles. The van der Waals surface area contributed by atoms with Crippen LogP contribution in [-0.4, -0.2) is 24.5 Å². The standard InChI is InChI=1S/C16H28N2O/c1-10(2)12(4)18(5)14(9-17)16-7-6-15(19-16)13-8-11(13)3/h6-7,10-14H,8-9,17H2,1-5H3. The Morgan fingerprint density at radius 1 is 1.37 bits per heavy atom. The van der Waals surface area contributed by atoms with E-state index in [9.17, 15) is 0 Å². The zero-order valence-corrected chi connectivity index (χ0v) is 12.9. The minimum absolute atomic E-state index is 0.181. The lowest BCUT2D eigenvalue weighted by molar-refractivity contribution is 0.135. The van der Waals surface area contributed by atoms with Crippen molar-refractivity contribution in [2.24, 2.45) is 17.6 Å². The minimum atomic E-state index is 0.181. The van der Waals surface area contributed by atoms with Crippen LogP contribution in [0.25, 0.3) is 0 Å². The first kappa shape index (κ1) is 14.6. The average Bonchev–Trinajstić information content (AvgIpc) is 2.91. The molecule has 1 aliphatic carbocycles. The summed E-state index contributed by atoms with van der Waals surface area (Å²) >= 11 is 0. The van der Waals surface area contributed by atoms with Crippen LogP contribution in [0.5, 0.6) is 0 Å². The van der Waals surface area contributed by atoms with Crippen molar-refractivity contribution < 1.29 is 4.42 Å². The lowest BCUT2D eigenvalue weighted by atomic mass is 10.0. The molecule has 3 nitrogen and oxygen atoms in total. The van der Waals surface area contributed by atoms with E-state index in [2.05, 4.69) is 51.8 Å². The highest BCUT2D eigenvalue weighted by Crippen LogP contribution is 2.47. The van der Waals surface area contributed by atoms with Crippen molar-refractivity contribution in [3.8, 4) is 0 Å². The van der Waals surface area contributed by atoms with Crippen LogP contribution in [-0.2, 0) is 0 Å². The van der Waals surface area contributed by atoms with Crippen LogP contribution in [0, 0.1) is 11.8 Å². The van der Waals surface area contributed by atoms with E-state index in [0.717, 1.165) is 17.4 Å². The molecule has 0 aromatic carbocycles. The second-order valence-electron chi connectivity index (χ2n) is 6.46. The Bertz CT molecular complexity index is 413. The van der Waals surface area contributed by atoms with Gasteiger partial charge in [0.2, 0.25) is 0 Å². The molecule has 1 aromatic heterocycles. The summed E-state index contributed by atoms with van der Waals surface area (Å²) in [7, 11) is 2.14. The predicted octanol–water partition coefficient (Wildman–Crippen LogP) is 3.38. The number of nitrogens with two attached hydrogens (primary N) is 1. The lowest BCUT2D eigenvalue weighted by Gasteiger charge is -2.33. The summed E-state index contributed by atoms with van der Waals surface area (Å²) in [5.74, 6) is 4.19. The summed E-state index contributed by atoms with van der Waals surface area (Å²) in [5, 5.41) is 0. The average molecular weight is 264 g/mol.